The molecule has 1 heterocycles. The number of amides is 1. The molecule has 0 unspecified atom stereocenters. The zero-order valence-corrected chi connectivity index (χ0v) is 12.7. The van der Waals surface area contributed by atoms with E-state index in [0.29, 0.717) is 0 Å². The van der Waals surface area contributed by atoms with Crippen LogP contribution in [0.25, 0.3) is 0 Å². The van der Waals surface area contributed by atoms with Gasteiger partial charge in [-0.2, -0.15) is 0 Å². The molecule has 3 atom stereocenters. The van der Waals surface area contributed by atoms with Crippen LogP contribution < -0.4 is 5.32 Å². The van der Waals surface area contributed by atoms with Gasteiger partial charge in [-0.25, -0.2) is 4.79 Å². The molecule has 4 heteroatoms. The second kappa shape index (κ2) is 5.70. The van der Waals surface area contributed by atoms with Crippen molar-refractivity contribution in [3.63, 3.8) is 0 Å². The lowest BCUT2D eigenvalue weighted by Crippen LogP contribution is -2.47. The Kier molecular flexibility index (Phi) is 4.39. The molecule has 0 spiro atoms. The second-order valence-corrected chi connectivity index (χ2v) is 7.31. The molecule has 1 aliphatic heterocycles. The van der Waals surface area contributed by atoms with Gasteiger partial charge in [0.05, 0.1) is 0 Å². The van der Waals surface area contributed by atoms with E-state index in [1.165, 1.54) is 32.4 Å². The van der Waals surface area contributed by atoms with Gasteiger partial charge in [0, 0.05) is 25.7 Å². The Hall–Kier alpha value is -0.770. The molecule has 0 radical (unpaired) electrons. The van der Waals surface area contributed by atoms with E-state index in [1.807, 2.05) is 20.8 Å². The number of likely N-dealkylation sites (tertiary alicyclic amines) is 1. The van der Waals surface area contributed by atoms with Gasteiger partial charge in [-0.15, -0.1) is 0 Å². The minimum Gasteiger partial charge on any atom is -0.444 e. The molecular weight excluding hydrogens is 240 g/mol. The van der Waals surface area contributed by atoms with Crippen LogP contribution in [0.4, 0.5) is 4.79 Å². The first-order valence-electron chi connectivity index (χ1n) is 7.53. The smallest absolute Gasteiger partial charge is 0.407 e. The number of nitrogens with one attached hydrogen (secondary N) is 1. The number of hydrogen-bond acceptors (Lipinski definition) is 3. The van der Waals surface area contributed by atoms with Gasteiger partial charge in [0.15, 0.2) is 0 Å². The predicted molar refractivity (Wildman–Crippen MR) is 76.1 cm³/mol. The van der Waals surface area contributed by atoms with Gasteiger partial charge in [-0.05, 0) is 58.8 Å². The standard InChI is InChI=1S/C15H28N2O2/c1-11(16-14(18)19-15(2,3)4)8-17-9-12-5-6-13(7-12)10-17/h11-13H,5-10H2,1-4H3,(H,16,18)/t11-,12-,13+/m1/s1. The zero-order chi connectivity index (χ0) is 14.0. The lowest BCUT2D eigenvalue weighted by molar-refractivity contribution is 0.0489. The van der Waals surface area contributed by atoms with Gasteiger partial charge in [-0.1, -0.05) is 0 Å². The Labute approximate surface area is 116 Å². The number of fused-ring (bicyclic) bond motifs is 2. The van der Waals surface area contributed by atoms with Crippen LogP contribution in [0.2, 0.25) is 0 Å². The largest absolute Gasteiger partial charge is 0.444 e. The summed E-state index contributed by atoms with van der Waals surface area (Å²) in [5.41, 5.74) is -0.423. The first kappa shape index (κ1) is 14.6. The van der Waals surface area contributed by atoms with E-state index in [2.05, 4.69) is 17.1 Å². The average Bonchev–Trinajstić information content (AvgIpc) is 2.54. The van der Waals surface area contributed by atoms with Crippen molar-refractivity contribution < 1.29 is 9.53 Å². The van der Waals surface area contributed by atoms with Gasteiger partial charge in [0.25, 0.3) is 0 Å². The van der Waals surface area contributed by atoms with E-state index >= 15 is 0 Å². The zero-order valence-electron chi connectivity index (χ0n) is 12.7. The monoisotopic (exact) mass is 268 g/mol. The minimum atomic E-state index is -0.423. The summed E-state index contributed by atoms with van der Waals surface area (Å²) in [4.78, 5) is 14.2. The molecule has 4 nitrogen and oxygen atoms in total. The van der Waals surface area contributed by atoms with Crippen molar-refractivity contribution in [2.24, 2.45) is 11.8 Å². The van der Waals surface area contributed by atoms with Crippen LogP contribution in [0.5, 0.6) is 0 Å². The summed E-state index contributed by atoms with van der Waals surface area (Å²) in [7, 11) is 0. The van der Waals surface area contributed by atoms with Crippen molar-refractivity contribution in [1.82, 2.24) is 10.2 Å². The quantitative estimate of drug-likeness (QED) is 0.855. The van der Waals surface area contributed by atoms with E-state index in [-0.39, 0.29) is 12.1 Å². The normalized spacial score (nSPS) is 29.1. The van der Waals surface area contributed by atoms with E-state index in [4.69, 9.17) is 4.74 Å². The van der Waals surface area contributed by atoms with Crippen molar-refractivity contribution in [3.05, 3.63) is 0 Å². The first-order valence-corrected chi connectivity index (χ1v) is 7.53. The molecule has 2 bridgehead atoms. The summed E-state index contributed by atoms with van der Waals surface area (Å²) >= 11 is 0. The SMILES string of the molecule is C[C@H](CN1C[C@@H]2CC[C@@H](C2)C1)NC(=O)OC(C)(C)C. The molecule has 2 fully saturated rings. The topological polar surface area (TPSA) is 41.6 Å². The van der Waals surface area contributed by atoms with Crippen molar-refractivity contribution in [1.29, 1.82) is 0 Å². The molecule has 0 aromatic carbocycles. The summed E-state index contributed by atoms with van der Waals surface area (Å²) < 4.78 is 5.28. The Morgan fingerprint density at radius 3 is 2.42 bits per heavy atom. The molecule has 0 aromatic heterocycles. The third kappa shape index (κ3) is 4.68. The van der Waals surface area contributed by atoms with Crippen LogP contribution in [0.3, 0.4) is 0 Å². The van der Waals surface area contributed by atoms with Crippen molar-refractivity contribution in [3.8, 4) is 0 Å². The highest BCUT2D eigenvalue weighted by atomic mass is 16.6. The van der Waals surface area contributed by atoms with Gasteiger partial charge < -0.3 is 15.0 Å². The maximum atomic E-state index is 11.7. The fourth-order valence-electron chi connectivity index (χ4n) is 3.41. The molecule has 2 rings (SSSR count). The summed E-state index contributed by atoms with van der Waals surface area (Å²) in [6.07, 6.45) is 3.91. The number of ether oxygens (including phenoxy) is 1. The first-order chi connectivity index (χ1) is 8.82. The van der Waals surface area contributed by atoms with Crippen molar-refractivity contribution in [2.45, 2.75) is 58.6 Å². The molecular formula is C15H28N2O2. The third-order valence-electron chi connectivity index (χ3n) is 3.98. The van der Waals surface area contributed by atoms with Crippen molar-refractivity contribution in [2.75, 3.05) is 19.6 Å². The van der Waals surface area contributed by atoms with E-state index in [9.17, 15) is 4.79 Å². The molecule has 1 saturated heterocycles. The highest BCUT2D eigenvalue weighted by molar-refractivity contribution is 5.68. The fraction of sp³-hybridized carbons (Fsp3) is 0.933. The lowest BCUT2D eigenvalue weighted by atomic mass is 9.98. The molecule has 2 aliphatic rings. The average molecular weight is 268 g/mol. The van der Waals surface area contributed by atoms with E-state index in [0.717, 1.165) is 18.4 Å². The van der Waals surface area contributed by atoms with Crippen LogP contribution >= 0.6 is 0 Å². The van der Waals surface area contributed by atoms with Gasteiger partial charge in [0.1, 0.15) is 5.60 Å². The summed E-state index contributed by atoms with van der Waals surface area (Å²) in [5, 5.41) is 2.93. The Balaban J connectivity index is 1.72. The van der Waals surface area contributed by atoms with Gasteiger partial charge in [0.2, 0.25) is 0 Å². The fourth-order valence-corrected chi connectivity index (χ4v) is 3.41. The minimum absolute atomic E-state index is 0.146. The maximum absolute atomic E-state index is 11.7. The second-order valence-electron chi connectivity index (χ2n) is 7.31. The summed E-state index contributed by atoms with van der Waals surface area (Å²) in [6, 6.07) is 0.146. The number of hydrogen-bond donors (Lipinski definition) is 1. The van der Waals surface area contributed by atoms with Crippen molar-refractivity contribution >= 4 is 6.09 Å². The Bertz CT molecular complexity index is 313. The predicted octanol–water partition coefficient (Wildman–Crippen LogP) is 2.63. The van der Waals surface area contributed by atoms with Gasteiger partial charge in [-0.3, -0.25) is 0 Å². The Morgan fingerprint density at radius 1 is 1.32 bits per heavy atom. The number of rotatable bonds is 3. The molecule has 1 amide bonds. The van der Waals surface area contributed by atoms with Gasteiger partial charge >= 0.3 is 6.09 Å². The molecule has 1 N–H and O–H groups in total. The molecule has 1 saturated carbocycles. The number of carbonyl (C=O) groups is 1. The Morgan fingerprint density at radius 2 is 1.89 bits per heavy atom. The molecule has 1 aliphatic carbocycles. The van der Waals surface area contributed by atoms with Crippen LogP contribution in [0.15, 0.2) is 0 Å². The third-order valence-corrected chi connectivity index (χ3v) is 3.98. The van der Waals surface area contributed by atoms with E-state index < -0.39 is 5.60 Å². The highest BCUT2D eigenvalue weighted by Crippen LogP contribution is 2.36. The molecule has 19 heavy (non-hydrogen) atoms. The summed E-state index contributed by atoms with van der Waals surface area (Å²) in [5.74, 6) is 1.79. The van der Waals surface area contributed by atoms with E-state index in [1.54, 1.807) is 0 Å². The number of piperidine rings is 1. The maximum Gasteiger partial charge on any atom is 0.407 e. The molecule has 0 aromatic rings. The van der Waals surface area contributed by atoms with Crippen LogP contribution in [-0.4, -0.2) is 42.3 Å². The van der Waals surface area contributed by atoms with Crippen LogP contribution in [0, 0.1) is 11.8 Å². The summed E-state index contributed by atoms with van der Waals surface area (Å²) in [6.45, 7) is 11.1. The number of alkyl carbamates (subject to hydrolysis) is 1. The van der Waals surface area contributed by atoms with Crippen LogP contribution in [0.1, 0.15) is 47.0 Å². The lowest BCUT2D eigenvalue weighted by Gasteiger charge is -2.33. The number of carbonyl (C=O) groups excluding carboxylic acids is 1. The number of nitrogens with zero attached hydrogens (tertiary/aromatic N) is 1. The highest BCUT2D eigenvalue weighted by Gasteiger charge is 2.33. The molecule has 110 valence electrons. The van der Waals surface area contributed by atoms with Crippen LogP contribution in [-0.2, 0) is 4.74 Å².